The van der Waals surface area contributed by atoms with Crippen LogP contribution in [-0.2, 0) is 4.79 Å². The van der Waals surface area contributed by atoms with Crippen molar-refractivity contribution in [3.63, 3.8) is 0 Å². The van der Waals surface area contributed by atoms with E-state index in [9.17, 15) is 9.90 Å². The predicted octanol–water partition coefficient (Wildman–Crippen LogP) is 4.90. The van der Waals surface area contributed by atoms with Gasteiger partial charge in [-0.25, -0.2) is 0 Å². The van der Waals surface area contributed by atoms with Crippen LogP contribution >= 0.6 is 23.2 Å². The molecule has 0 spiro atoms. The Balaban J connectivity index is 2.05. The highest BCUT2D eigenvalue weighted by molar-refractivity contribution is 6.42. The molecule has 2 aromatic carbocycles. The lowest BCUT2D eigenvalue weighted by molar-refractivity contribution is -0.143. The van der Waals surface area contributed by atoms with Crippen molar-refractivity contribution in [2.24, 2.45) is 5.92 Å². The molecule has 2 aromatic rings. The first-order chi connectivity index (χ1) is 13.4. The Morgan fingerprint density at radius 2 is 1.79 bits per heavy atom. The number of benzene rings is 2. The Bertz CT molecular complexity index is 850. The third kappa shape index (κ3) is 4.37. The van der Waals surface area contributed by atoms with Crippen LogP contribution in [0.3, 0.4) is 0 Å². The summed E-state index contributed by atoms with van der Waals surface area (Å²) in [5, 5.41) is 10.3. The zero-order chi connectivity index (χ0) is 20.3. The van der Waals surface area contributed by atoms with Gasteiger partial charge < -0.3 is 14.6 Å². The lowest BCUT2D eigenvalue weighted by atomic mass is 9.91. The Kier molecular flexibility index (Phi) is 6.70. The fourth-order valence-electron chi connectivity index (χ4n) is 3.73. The number of likely N-dealkylation sites (tertiary alicyclic amines) is 1. The second-order valence-electron chi connectivity index (χ2n) is 6.83. The number of carboxylic acids is 1. The van der Waals surface area contributed by atoms with Crippen LogP contribution < -0.4 is 9.47 Å². The van der Waals surface area contributed by atoms with E-state index < -0.39 is 5.97 Å². The fourth-order valence-corrected chi connectivity index (χ4v) is 4.03. The maximum atomic E-state index is 11.3. The second kappa shape index (κ2) is 9.03. The number of hydrogen-bond donors (Lipinski definition) is 1. The van der Waals surface area contributed by atoms with Gasteiger partial charge in [0.15, 0.2) is 0 Å². The number of piperidine rings is 1. The highest BCUT2D eigenvalue weighted by atomic mass is 35.5. The van der Waals surface area contributed by atoms with Crippen molar-refractivity contribution in [2.75, 3.05) is 27.3 Å². The van der Waals surface area contributed by atoms with Crippen LogP contribution in [0.4, 0.5) is 0 Å². The molecule has 0 aromatic heterocycles. The maximum Gasteiger partial charge on any atom is 0.306 e. The quantitative estimate of drug-likeness (QED) is 0.715. The van der Waals surface area contributed by atoms with Gasteiger partial charge in [0, 0.05) is 5.56 Å². The molecule has 1 saturated heterocycles. The van der Waals surface area contributed by atoms with Gasteiger partial charge in [-0.15, -0.1) is 0 Å². The van der Waals surface area contributed by atoms with Crippen LogP contribution in [0.2, 0.25) is 10.0 Å². The summed E-state index contributed by atoms with van der Waals surface area (Å²) in [7, 11) is 3.26. The standard InChI is InChI=1S/C21H23Cl2NO4/c1-27-15-4-6-19(28-2)16(12-15)20(14-3-5-17(22)18(23)11-14)24-9-7-13(8-10-24)21(25)26/h3-6,11-13,20H,7-10H2,1-2H3,(H,25,26). The van der Waals surface area contributed by atoms with Gasteiger partial charge in [-0.1, -0.05) is 29.3 Å². The van der Waals surface area contributed by atoms with Gasteiger partial charge in [0.1, 0.15) is 11.5 Å². The first-order valence-electron chi connectivity index (χ1n) is 9.08. The van der Waals surface area contributed by atoms with E-state index in [0.717, 1.165) is 22.6 Å². The van der Waals surface area contributed by atoms with Gasteiger partial charge in [-0.3, -0.25) is 9.69 Å². The molecule has 1 atom stereocenters. The number of methoxy groups -OCH3 is 2. The SMILES string of the molecule is COc1ccc(OC)c(C(c2ccc(Cl)c(Cl)c2)N2CCC(C(=O)O)CC2)c1. The van der Waals surface area contributed by atoms with Crippen LogP contribution in [0.5, 0.6) is 11.5 Å². The molecule has 28 heavy (non-hydrogen) atoms. The van der Waals surface area contributed by atoms with Crippen LogP contribution in [0.1, 0.15) is 30.0 Å². The topological polar surface area (TPSA) is 59.0 Å². The lowest BCUT2D eigenvalue weighted by Crippen LogP contribution is -2.39. The van der Waals surface area contributed by atoms with Crippen molar-refractivity contribution in [3.05, 3.63) is 57.6 Å². The summed E-state index contributed by atoms with van der Waals surface area (Å²) < 4.78 is 11.0. The molecule has 1 unspecified atom stereocenters. The van der Waals surface area contributed by atoms with E-state index in [0.29, 0.717) is 36.0 Å². The first kappa shape index (κ1) is 20.8. The Morgan fingerprint density at radius 1 is 1.07 bits per heavy atom. The molecule has 7 heteroatoms. The molecule has 1 N–H and O–H groups in total. The van der Waals surface area contributed by atoms with E-state index in [-0.39, 0.29) is 12.0 Å². The van der Waals surface area contributed by atoms with Crippen molar-refractivity contribution >= 4 is 29.2 Å². The number of aliphatic carboxylic acids is 1. The van der Waals surface area contributed by atoms with Crippen molar-refractivity contribution < 1.29 is 19.4 Å². The zero-order valence-corrected chi connectivity index (χ0v) is 17.3. The summed E-state index contributed by atoms with van der Waals surface area (Å²) in [6.45, 7) is 1.31. The summed E-state index contributed by atoms with van der Waals surface area (Å²) in [6, 6.07) is 11.1. The van der Waals surface area contributed by atoms with Crippen molar-refractivity contribution in [1.82, 2.24) is 4.90 Å². The molecule has 1 fully saturated rings. The van der Waals surface area contributed by atoms with Crippen molar-refractivity contribution in [2.45, 2.75) is 18.9 Å². The van der Waals surface area contributed by atoms with Crippen molar-refractivity contribution in [3.8, 4) is 11.5 Å². The smallest absolute Gasteiger partial charge is 0.306 e. The van der Waals surface area contributed by atoms with Gasteiger partial charge >= 0.3 is 5.97 Å². The number of carboxylic acid groups (broad SMARTS) is 1. The van der Waals surface area contributed by atoms with E-state index in [1.54, 1.807) is 20.3 Å². The van der Waals surface area contributed by atoms with E-state index in [2.05, 4.69) is 4.90 Å². The lowest BCUT2D eigenvalue weighted by Gasteiger charge is -2.37. The Labute approximate surface area is 174 Å². The molecule has 1 aliphatic heterocycles. The van der Waals surface area contributed by atoms with Crippen LogP contribution in [0.25, 0.3) is 0 Å². The van der Waals surface area contributed by atoms with E-state index >= 15 is 0 Å². The van der Waals surface area contributed by atoms with Gasteiger partial charge in [0.2, 0.25) is 0 Å². The highest BCUT2D eigenvalue weighted by Crippen LogP contribution is 2.40. The Morgan fingerprint density at radius 3 is 2.36 bits per heavy atom. The van der Waals surface area contributed by atoms with E-state index in [4.69, 9.17) is 32.7 Å². The molecule has 0 saturated carbocycles. The normalized spacial score (nSPS) is 16.6. The molecule has 0 aliphatic carbocycles. The van der Waals surface area contributed by atoms with Crippen molar-refractivity contribution in [1.29, 1.82) is 0 Å². The number of ether oxygens (including phenoxy) is 2. The van der Waals surface area contributed by atoms with Crippen LogP contribution in [0.15, 0.2) is 36.4 Å². The minimum atomic E-state index is -0.732. The minimum absolute atomic E-state index is 0.158. The number of rotatable bonds is 6. The van der Waals surface area contributed by atoms with Gasteiger partial charge in [0.05, 0.1) is 36.2 Å². The van der Waals surface area contributed by atoms with Gasteiger partial charge in [-0.2, -0.15) is 0 Å². The summed E-state index contributed by atoms with van der Waals surface area (Å²) >= 11 is 12.4. The molecule has 150 valence electrons. The monoisotopic (exact) mass is 423 g/mol. The molecular weight excluding hydrogens is 401 g/mol. The zero-order valence-electron chi connectivity index (χ0n) is 15.8. The number of nitrogens with zero attached hydrogens (tertiary/aromatic N) is 1. The van der Waals surface area contributed by atoms with E-state index in [1.165, 1.54) is 0 Å². The second-order valence-corrected chi connectivity index (χ2v) is 7.65. The maximum absolute atomic E-state index is 11.3. The fraction of sp³-hybridized carbons (Fsp3) is 0.381. The average molecular weight is 424 g/mol. The number of hydrogen-bond acceptors (Lipinski definition) is 4. The summed E-state index contributed by atoms with van der Waals surface area (Å²) in [4.78, 5) is 13.6. The third-order valence-electron chi connectivity index (χ3n) is 5.23. The Hall–Kier alpha value is -1.95. The number of halogens is 2. The van der Waals surface area contributed by atoms with Crippen LogP contribution in [-0.4, -0.2) is 43.3 Å². The molecular formula is C21H23Cl2NO4. The summed E-state index contributed by atoms with van der Waals surface area (Å²) in [5.41, 5.74) is 1.91. The average Bonchev–Trinajstić information content (AvgIpc) is 2.71. The number of carbonyl (C=O) groups is 1. The molecule has 3 rings (SSSR count). The molecule has 0 amide bonds. The predicted molar refractivity (Wildman–Crippen MR) is 110 cm³/mol. The first-order valence-corrected chi connectivity index (χ1v) is 9.84. The largest absolute Gasteiger partial charge is 0.497 e. The minimum Gasteiger partial charge on any atom is -0.497 e. The summed E-state index contributed by atoms with van der Waals surface area (Å²) in [5.74, 6) is 0.418. The third-order valence-corrected chi connectivity index (χ3v) is 5.97. The van der Waals surface area contributed by atoms with Gasteiger partial charge in [-0.05, 0) is 61.8 Å². The van der Waals surface area contributed by atoms with Crippen LogP contribution in [0, 0.1) is 5.92 Å². The molecule has 0 bridgehead atoms. The molecule has 0 radical (unpaired) electrons. The highest BCUT2D eigenvalue weighted by Gasteiger charge is 2.32. The summed E-state index contributed by atoms with van der Waals surface area (Å²) in [6.07, 6.45) is 1.19. The molecule has 1 aliphatic rings. The van der Waals surface area contributed by atoms with Gasteiger partial charge in [0.25, 0.3) is 0 Å². The molecule has 1 heterocycles. The molecule has 5 nitrogen and oxygen atoms in total. The van der Waals surface area contributed by atoms with E-state index in [1.807, 2.05) is 30.3 Å².